The van der Waals surface area contributed by atoms with Gasteiger partial charge in [0, 0.05) is 44.1 Å². The molecule has 6 nitrogen and oxygen atoms in total. The van der Waals surface area contributed by atoms with Crippen molar-refractivity contribution in [2.45, 2.75) is 38.8 Å². The monoisotopic (exact) mass is 419 g/mol. The van der Waals surface area contributed by atoms with Gasteiger partial charge in [0.05, 0.1) is 11.3 Å². The van der Waals surface area contributed by atoms with Crippen LogP contribution in [0.5, 0.6) is 0 Å². The number of aromatic nitrogens is 3. The van der Waals surface area contributed by atoms with Gasteiger partial charge in [0.1, 0.15) is 11.6 Å². The van der Waals surface area contributed by atoms with Crippen LogP contribution in [0.3, 0.4) is 0 Å². The van der Waals surface area contributed by atoms with Gasteiger partial charge >= 0.3 is 0 Å². The smallest absolute Gasteiger partial charge is 0.254 e. The Morgan fingerprint density at radius 3 is 2.68 bits per heavy atom. The van der Waals surface area contributed by atoms with Crippen LogP contribution >= 0.6 is 0 Å². The lowest BCUT2D eigenvalue weighted by molar-refractivity contribution is 0.0949. The second-order valence-electron chi connectivity index (χ2n) is 7.97. The highest BCUT2D eigenvalue weighted by molar-refractivity contribution is 5.94. The summed E-state index contributed by atoms with van der Waals surface area (Å²) in [5.74, 6) is 0.533. The third-order valence-electron chi connectivity index (χ3n) is 5.64. The molecule has 0 bridgehead atoms. The molecule has 3 heterocycles. The molecule has 1 atom stereocenters. The summed E-state index contributed by atoms with van der Waals surface area (Å²) in [7, 11) is 0. The Balaban J connectivity index is 1.38. The van der Waals surface area contributed by atoms with Crippen LogP contribution in [0.2, 0.25) is 0 Å². The SMILES string of the molecule is Cc1nc([C@H]2CCCN(Cc3ccncc3)C2)ncc1C(=O)NCc1ccc(F)cc1. The number of nitrogens with zero attached hydrogens (tertiary/aromatic N) is 4. The fraction of sp³-hybridized carbons (Fsp3) is 0.333. The van der Waals surface area contributed by atoms with Gasteiger partial charge in [-0.2, -0.15) is 0 Å². The van der Waals surface area contributed by atoms with E-state index in [1.54, 1.807) is 18.3 Å². The Kier molecular flexibility index (Phi) is 6.62. The number of amides is 1. The first kappa shape index (κ1) is 21.1. The van der Waals surface area contributed by atoms with Crippen molar-refractivity contribution in [3.8, 4) is 0 Å². The molecule has 1 aromatic carbocycles. The Morgan fingerprint density at radius 2 is 1.94 bits per heavy atom. The fourth-order valence-corrected chi connectivity index (χ4v) is 3.94. The number of hydrogen-bond donors (Lipinski definition) is 1. The quantitative estimate of drug-likeness (QED) is 0.661. The van der Waals surface area contributed by atoms with Crippen molar-refractivity contribution >= 4 is 5.91 Å². The van der Waals surface area contributed by atoms with E-state index in [1.807, 2.05) is 31.5 Å². The van der Waals surface area contributed by atoms with Crippen molar-refractivity contribution in [2.24, 2.45) is 0 Å². The number of halogens is 1. The van der Waals surface area contributed by atoms with Crippen LogP contribution in [0, 0.1) is 12.7 Å². The van der Waals surface area contributed by atoms with Gasteiger partial charge in [0.25, 0.3) is 5.91 Å². The Labute approximate surface area is 181 Å². The van der Waals surface area contributed by atoms with Crippen molar-refractivity contribution < 1.29 is 9.18 Å². The molecule has 3 aromatic rings. The van der Waals surface area contributed by atoms with Crippen LogP contribution in [0.25, 0.3) is 0 Å². The molecule has 0 aliphatic carbocycles. The molecule has 1 N–H and O–H groups in total. The van der Waals surface area contributed by atoms with Crippen LogP contribution in [0.15, 0.2) is 55.0 Å². The summed E-state index contributed by atoms with van der Waals surface area (Å²) in [4.78, 5) is 28.3. The molecule has 1 amide bonds. The second kappa shape index (κ2) is 9.75. The molecule has 2 aromatic heterocycles. The highest BCUT2D eigenvalue weighted by Crippen LogP contribution is 2.26. The van der Waals surface area contributed by atoms with Crippen LogP contribution in [-0.4, -0.2) is 38.8 Å². The molecule has 0 spiro atoms. The number of benzene rings is 1. The minimum Gasteiger partial charge on any atom is -0.348 e. The summed E-state index contributed by atoms with van der Waals surface area (Å²) in [5, 5.41) is 2.85. The lowest BCUT2D eigenvalue weighted by Gasteiger charge is -2.32. The lowest BCUT2D eigenvalue weighted by Crippen LogP contribution is -2.34. The van der Waals surface area contributed by atoms with Crippen molar-refractivity contribution in [3.63, 3.8) is 0 Å². The summed E-state index contributed by atoms with van der Waals surface area (Å²) >= 11 is 0. The van der Waals surface area contributed by atoms with E-state index in [9.17, 15) is 9.18 Å². The molecule has 31 heavy (non-hydrogen) atoms. The summed E-state index contributed by atoms with van der Waals surface area (Å²) in [6.45, 7) is 5.02. The number of pyridine rings is 1. The maximum Gasteiger partial charge on any atom is 0.254 e. The molecular weight excluding hydrogens is 393 g/mol. The van der Waals surface area contributed by atoms with Gasteiger partial charge in [-0.3, -0.25) is 14.7 Å². The van der Waals surface area contributed by atoms with Gasteiger partial charge in [-0.1, -0.05) is 12.1 Å². The van der Waals surface area contributed by atoms with Crippen LogP contribution in [0.1, 0.15) is 51.8 Å². The van der Waals surface area contributed by atoms with E-state index in [2.05, 4.69) is 25.2 Å². The van der Waals surface area contributed by atoms with E-state index in [1.165, 1.54) is 17.7 Å². The van der Waals surface area contributed by atoms with Gasteiger partial charge in [0.2, 0.25) is 0 Å². The summed E-state index contributed by atoms with van der Waals surface area (Å²) in [6.07, 6.45) is 7.41. The zero-order chi connectivity index (χ0) is 21.6. The Bertz CT molecular complexity index is 1030. The van der Waals surface area contributed by atoms with E-state index in [0.717, 1.165) is 43.9 Å². The zero-order valence-electron chi connectivity index (χ0n) is 17.6. The van der Waals surface area contributed by atoms with Crippen molar-refractivity contribution in [1.29, 1.82) is 0 Å². The third-order valence-corrected chi connectivity index (χ3v) is 5.64. The molecule has 0 unspecified atom stereocenters. The molecule has 160 valence electrons. The highest BCUT2D eigenvalue weighted by atomic mass is 19.1. The lowest BCUT2D eigenvalue weighted by atomic mass is 9.96. The Morgan fingerprint density at radius 1 is 1.16 bits per heavy atom. The number of likely N-dealkylation sites (tertiary alicyclic amines) is 1. The van der Waals surface area contributed by atoms with Crippen LogP contribution in [-0.2, 0) is 13.1 Å². The predicted octanol–water partition coefficient (Wildman–Crippen LogP) is 3.63. The number of aryl methyl sites for hydroxylation is 1. The molecule has 1 aliphatic rings. The number of rotatable bonds is 6. The first-order chi connectivity index (χ1) is 15.1. The topological polar surface area (TPSA) is 71.0 Å². The molecule has 1 fully saturated rings. The minimum absolute atomic E-state index is 0.226. The van der Waals surface area contributed by atoms with Gasteiger partial charge < -0.3 is 5.32 Å². The highest BCUT2D eigenvalue weighted by Gasteiger charge is 2.24. The zero-order valence-corrected chi connectivity index (χ0v) is 17.6. The average molecular weight is 420 g/mol. The van der Waals surface area contributed by atoms with E-state index in [-0.39, 0.29) is 17.6 Å². The summed E-state index contributed by atoms with van der Waals surface area (Å²) in [5.41, 5.74) is 3.23. The number of piperidine rings is 1. The maximum atomic E-state index is 13.0. The normalized spacial score (nSPS) is 16.8. The van der Waals surface area contributed by atoms with Gasteiger partial charge in [-0.15, -0.1) is 0 Å². The molecule has 7 heteroatoms. The maximum absolute atomic E-state index is 13.0. The number of hydrogen-bond acceptors (Lipinski definition) is 5. The second-order valence-corrected chi connectivity index (χ2v) is 7.97. The van der Waals surface area contributed by atoms with Gasteiger partial charge in [0.15, 0.2) is 0 Å². The standard InChI is InChI=1S/C24H26FN5O/c1-17-22(24(31)28-13-18-4-6-21(25)7-5-18)14-27-23(29-17)20-3-2-12-30(16-20)15-19-8-10-26-11-9-19/h4-11,14,20H,2-3,12-13,15-16H2,1H3,(H,28,31)/t20-/m0/s1. The van der Waals surface area contributed by atoms with Crippen molar-refractivity contribution in [2.75, 3.05) is 13.1 Å². The molecule has 0 saturated carbocycles. The van der Waals surface area contributed by atoms with Crippen molar-refractivity contribution in [1.82, 2.24) is 25.2 Å². The van der Waals surface area contributed by atoms with Crippen molar-refractivity contribution in [3.05, 3.63) is 89.0 Å². The first-order valence-electron chi connectivity index (χ1n) is 10.6. The minimum atomic E-state index is -0.294. The van der Waals surface area contributed by atoms with E-state index in [4.69, 9.17) is 0 Å². The van der Waals surface area contributed by atoms with E-state index >= 15 is 0 Å². The Hall–Kier alpha value is -3.19. The molecule has 1 aliphatic heterocycles. The largest absolute Gasteiger partial charge is 0.348 e. The average Bonchev–Trinajstić information content (AvgIpc) is 2.79. The molecule has 4 rings (SSSR count). The third kappa shape index (κ3) is 5.49. The molecule has 0 radical (unpaired) electrons. The van der Waals surface area contributed by atoms with Gasteiger partial charge in [-0.05, 0) is 61.7 Å². The number of carbonyl (C=O) groups excluding carboxylic acids is 1. The van der Waals surface area contributed by atoms with Crippen LogP contribution in [0.4, 0.5) is 4.39 Å². The number of carbonyl (C=O) groups is 1. The predicted molar refractivity (Wildman–Crippen MR) is 116 cm³/mol. The molecular formula is C24H26FN5O. The molecule has 1 saturated heterocycles. The fourth-order valence-electron chi connectivity index (χ4n) is 3.94. The van der Waals surface area contributed by atoms with Gasteiger partial charge in [-0.25, -0.2) is 14.4 Å². The van der Waals surface area contributed by atoms with E-state index in [0.29, 0.717) is 17.8 Å². The van der Waals surface area contributed by atoms with Crippen LogP contribution < -0.4 is 5.32 Å². The summed E-state index contributed by atoms with van der Waals surface area (Å²) in [6, 6.07) is 10.2. The number of nitrogens with one attached hydrogen (secondary N) is 1. The van der Waals surface area contributed by atoms with E-state index < -0.39 is 0 Å². The first-order valence-corrected chi connectivity index (χ1v) is 10.6. The summed E-state index contributed by atoms with van der Waals surface area (Å²) < 4.78 is 13.0.